The lowest BCUT2D eigenvalue weighted by atomic mass is 10.1. The summed E-state index contributed by atoms with van der Waals surface area (Å²) < 4.78 is 14.4. The van der Waals surface area contributed by atoms with E-state index in [0.29, 0.717) is 15.9 Å². The number of hydrogen-bond donors (Lipinski definition) is 1. The topological polar surface area (TPSA) is 42.0 Å². The molecule has 2 rings (SSSR count). The Morgan fingerprint density at radius 1 is 1.25 bits per heavy atom. The zero-order valence-corrected chi connectivity index (χ0v) is 13.0. The molecule has 0 aliphatic rings. The van der Waals surface area contributed by atoms with Crippen molar-refractivity contribution in [3.8, 4) is 0 Å². The summed E-state index contributed by atoms with van der Waals surface area (Å²) in [4.78, 5) is 16.4. The van der Waals surface area contributed by atoms with Gasteiger partial charge in [0.1, 0.15) is 5.82 Å². The molecule has 104 valence electrons. The number of rotatable bonds is 2. The average molecular weight is 337 g/mol. The van der Waals surface area contributed by atoms with Crippen LogP contribution in [-0.2, 0) is 0 Å². The predicted molar refractivity (Wildman–Crippen MR) is 80.5 cm³/mol. The third kappa shape index (κ3) is 3.04. The molecule has 0 bridgehead atoms. The molecule has 0 saturated heterocycles. The molecule has 0 spiro atoms. The summed E-state index contributed by atoms with van der Waals surface area (Å²) in [7, 11) is 0. The van der Waals surface area contributed by atoms with Crippen molar-refractivity contribution in [3.05, 3.63) is 57.1 Å². The Kier molecular flexibility index (Phi) is 4.18. The molecule has 0 radical (unpaired) electrons. The predicted octanol–water partition coefficient (Wildman–Crippen LogP) is 4.16. The SMILES string of the molecule is Cc1cc(C)c(NC(=O)c2ccc(Br)cc2F)c(C)n1. The number of nitrogens with one attached hydrogen (secondary N) is 1. The van der Waals surface area contributed by atoms with Gasteiger partial charge >= 0.3 is 0 Å². The fourth-order valence-electron chi connectivity index (χ4n) is 2.07. The number of halogens is 2. The van der Waals surface area contributed by atoms with E-state index < -0.39 is 11.7 Å². The molecule has 0 atom stereocenters. The molecule has 5 heteroatoms. The Bertz CT molecular complexity index is 663. The van der Waals surface area contributed by atoms with Gasteiger partial charge in [0.2, 0.25) is 0 Å². The molecule has 20 heavy (non-hydrogen) atoms. The van der Waals surface area contributed by atoms with Crippen LogP contribution in [-0.4, -0.2) is 10.9 Å². The highest BCUT2D eigenvalue weighted by Gasteiger charge is 2.15. The molecule has 0 aliphatic carbocycles. The summed E-state index contributed by atoms with van der Waals surface area (Å²) >= 11 is 3.16. The minimum atomic E-state index is -0.563. The number of pyridine rings is 1. The van der Waals surface area contributed by atoms with Crippen LogP contribution in [0, 0.1) is 26.6 Å². The normalized spacial score (nSPS) is 10.4. The number of aromatic nitrogens is 1. The Morgan fingerprint density at radius 2 is 1.95 bits per heavy atom. The Morgan fingerprint density at radius 3 is 2.55 bits per heavy atom. The van der Waals surface area contributed by atoms with Gasteiger partial charge in [-0.2, -0.15) is 0 Å². The molecule has 1 amide bonds. The van der Waals surface area contributed by atoms with Gasteiger partial charge in [0, 0.05) is 10.2 Å². The minimum absolute atomic E-state index is 0.00701. The number of anilines is 1. The molecule has 2 aromatic rings. The molecule has 0 saturated carbocycles. The van der Waals surface area contributed by atoms with Gasteiger partial charge in [0.05, 0.1) is 16.9 Å². The van der Waals surface area contributed by atoms with Crippen molar-refractivity contribution >= 4 is 27.5 Å². The number of carbonyl (C=O) groups excluding carboxylic acids is 1. The number of aryl methyl sites for hydroxylation is 3. The van der Waals surface area contributed by atoms with Gasteiger partial charge in [-0.3, -0.25) is 9.78 Å². The molecular formula is C15H14BrFN2O. The zero-order valence-electron chi connectivity index (χ0n) is 11.4. The van der Waals surface area contributed by atoms with E-state index in [1.807, 2.05) is 26.8 Å². The quantitative estimate of drug-likeness (QED) is 0.894. The highest BCUT2D eigenvalue weighted by atomic mass is 79.9. The molecule has 1 aromatic heterocycles. The van der Waals surface area contributed by atoms with Crippen molar-refractivity contribution in [3.63, 3.8) is 0 Å². The zero-order chi connectivity index (χ0) is 14.9. The van der Waals surface area contributed by atoms with E-state index in [4.69, 9.17) is 0 Å². The maximum absolute atomic E-state index is 13.8. The fraction of sp³-hybridized carbons (Fsp3) is 0.200. The Balaban J connectivity index is 2.33. The maximum Gasteiger partial charge on any atom is 0.258 e. The summed E-state index contributed by atoms with van der Waals surface area (Å²) in [5.74, 6) is -1.04. The van der Waals surface area contributed by atoms with Gasteiger partial charge < -0.3 is 5.32 Å². The van der Waals surface area contributed by atoms with Crippen molar-refractivity contribution in [2.75, 3.05) is 5.32 Å². The van der Waals surface area contributed by atoms with Crippen molar-refractivity contribution in [2.24, 2.45) is 0 Å². The Labute approximate surface area is 125 Å². The first-order chi connectivity index (χ1) is 9.38. The average Bonchev–Trinajstić information content (AvgIpc) is 2.33. The van der Waals surface area contributed by atoms with Crippen LogP contribution in [0.5, 0.6) is 0 Å². The van der Waals surface area contributed by atoms with Crippen LogP contribution in [0.2, 0.25) is 0 Å². The van der Waals surface area contributed by atoms with Crippen molar-refractivity contribution in [1.29, 1.82) is 0 Å². The fourth-order valence-corrected chi connectivity index (χ4v) is 2.40. The summed E-state index contributed by atoms with van der Waals surface area (Å²) in [6.07, 6.45) is 0. The third-order valence-corrected chi connectivity index (χ3v) is 3.43. The van der Waals surface area contributed by atoms with E-state index in [9.17, 15) is 9.18 Å². The number of hydrogen-bond acceptors (Lipinski definition) is 2. The summed E-state index contributed by atoms with van der Waals surface area (Å²) in [6.45, 7) is 5.59. The Hall–Kier alpha value is -1.75. The van der Waals surface area contributed by atoms with Crippen LogP contribution < -0.4 is 5.32 Å². The van der Waals surface area contributed by atoms with Crippen LogP contribution in [0.1, 0.15) is 27.3 Å². The van der Waals surface area contributed by atoms with E-state index in [2.05, 4.69) is 26.2 Å². The van der Waals surface area contributed by atoms with Crippen molar-refractivity contribution in [1.82, 2.24) is 4.98 Å². The number of carbonyl (C=O) groups is 1. The molecule has 1 N–H and O–H groups in total. The van der Waals surface area contributed by atoms with Crippen LogP contribution in [0.4, 0.5) is 10.1 Å². The summed E-state index contributed by atoms with van der Waals surface area (Å²) in [6, 6.07) is 6.22. The van der Waals surface area contributed by atoms with Gasteiger partial charge in [-0.1, -0.05) is 15.9 Å². The van der Waals surface area contributed by atoms with Crippen molar-refractivity contribution in [2.45, 2.75) is 20.8 Å². The van der Waals surface area contributed by atoms with E-state index >= 15 is 0 Å². The maximum atomic E-state index is 13.8. The molecule has 1 heterocycles. The molecule has 0 unspecified atom stereocenters. The van der Waals surface area contributed by atoms with Crippen LogP contribution >= 0.6 is 15.9 Å². The largest absolute Gasteiger partial charge is 0.320 e. The number of benzene rings is 1. The van der Waals surface area contributed by atoms with Crippen LogP contribution in [0.25, 0.3) is 0 Å². The summed E-state index contributed by atoms with van der Waals surface area (Å²) in [5.41, 5.74) is 3.14. The van der Waals surface area contributed by atoms with Gasteiger partial charge in [0.15, 0.2) is 0 Å². The van der Waals surface area contributed by atoms with E-state index in [0.717, 1.165) is 11.3 Å². The highest BCUT2D eigenvalue weighted by molar-refractivity contribution is 9.10. The lowest BCUT2D eigenvalue weighted by Gasteiger charge is -2.12. The number of nitrogens with zero attached hydrogens (tertiary/aromatic N) is 1. The van der Waals surface area contributed by atoms with Crippen molar-refractivity contribution < 1.29 is 9.18 Å². The minimum Gasteiger partial charge on any atom is -0.320 e. The molecule has 3 nitrogen and oxygen atoms in total. The first-order valence-corrected chi connectivity index (χ1v) is 6.89. The molecule has 1 aromatic carbocycles. The van der Waals surface area contributed by atoms with E-state index in [1.165, 1.54) is 12.1 Å². The highest BCUT2D eigenvalue weighted by Crippen LogP contribution is 2.21. The summed E-state index contributed by atoms with van der Waals surface area (Å²) in [5, 5.41) is 2.73. The lowest BCUT2D eigenvalue weighted by molar-refractivity contribution is 0.102. The first-order valence-electron chi connectivity index (χ1n) is 6.09. The standard InChI is InChI=1S/C15H14BrFN2O/c1-8-6-9(2)18-10(3)14(8)19-15(20)12-5-4-11(16)7-13(12)17/h4-7H,1-3H3,(H,19,20). The molecule has 0 fully saturated rings. The van der Waals surface area contributed by atoms with Gasteiger partial charge in [0.25, 0.3) is 5.91 Å². The van der Waals surface area contributed by atoms with Crippen LogP contribution in [0.3, 0.4) is 0 Å². The molecular weight excluding hydrogens is 323 g/mol. The van der Waals surface area contributed by atoms with Gasteiger partial charge in [-0.05, 0) is 50.6 Å². The van der Waals surface area contributed by atoms with Crippen LogP contribution in [0.15, 0.2) is 28.7 Å². The second-order valence-electron chi connectivity index (χ2n) is 4.62. The van der Waals surface area contributed by atoms with Gasteiger partial charge in [-0.15, -0.1) is 0 Å². The van der Waals surface area contributed by atoms with Gasteiger partial charge in [-0.25, -0.2) is 4.39 Å². The monoisotopic (exact) mass is 336 g/mol. The molecule has 0 aliphatic heterocycles. The second kappa shape index (κ2) is 5.71. The van der Waals surface area contributed by atoms with E-state index in [1.54, 1.807) is 6.07 Å². The van der Waals surface area contributed by atoms with E-state index in [-0.39, 0.29) is 5.56 Å². The smallest absolute Gasteiger partial charge is 0.258 e. The first kappa shape index (κ1) is 14.7. The number of amides is 1. The third-order valence-electron chi connectivity index (χ3n) is 2.94. The second-order valence-corrected chi connectivity index (χ2v) is 5.53. The lowest BCUT2D eigenvalue weighted by Crippen LogP contribution is -2.16.